The van der Waals surface area contributed by atoms with E-state index < -0.39 is 0 Å². The van der Waals surface area contributed by atoms with E-state index in [0.29, 0.717) is 24.2 Å². The second kappa shape index (κ2) is 9.60. The van der Waals surface area contributed by atoms with E-state index in [1.807, 2.05) is 60.8 Å². The molecule has 0 unspecified atom stereocenters. The van der Waals surface area contributed by atoms with Crippen molar-refractivity contribution < 1.29 is 0 Å². The molecule has 0 bridgehead atoms. The highest BCUT2D eigenvalue weighted by atomic mass is 15.1. The van der Waals surface area contributed by atoms with Crippen molar-refractivity contribution in [1.29, 1.82) is 10.5 Å². The second-order valence-electron chi connectivity index (χ2n) is 7.68. The van der Waals surface area contributed by atoms with Crippen LogP contribution >= 0.6 is 0 Å². The molecule has 0 aliphatic heterocycles. The molecule has 0 N–H and O–H groups in total. The van der Waals surface area contributed by atoms with Crippen molar-refractivity contribution in [2.75, 3.05) is 4.90 Å². The zero-order chi connectivity index (χ0) is 22.3. The fourth-order valence-electron chi connectivity index (χ4n) is 3.78. The number of pyridine rings is 1. The Morgan fingerprint density at radius 2 is 1.56 bits per heavy atom. The van der Waals surface area contributed by atoms with Crippen molar-refractivity contribution >= 4 is 5.69 Å². The van der Waals surface area contributed by atoms with Crippen LogP contribution in [0.5, 0.6) is 0 Å². The standard InChI is InChI=1S/C28H22N4/c1-21-5-2-3-7-27(21)28-15-26(13-12-25(28)17-30)32(20-24-6-4-14-31-18-24)19-23-10-8-22(16-29)9-11-23/h2-15,18H,19-20H2,1H3. The SMILES string of the molecule is Cc1ccccc1-c1cc(N(Cc2ccc(C#N)cc2)Cc2cccnc2)ccc1C#N. The summed E-state index contributed by atoms with van der Waals surface area (Å²) in [6.45, 7) is 3.40. The third-order valence-electron chi connectivity index (χ3n) is 5.48. The van der Waals surface area contributed by atoms with Crippen LogP contribution in [0.3, 0.4) is 0 Å². The van der Waals surface area contributed by atoms with Crippen LogP contribution in [0.4, 0.5) is 5.69 Å². The maximum Gasteiger partial charge on any atom is 0.0998 e. The Bertz CT molecular complexity index is 1300. The van der Waals surface area contributed by atoms with Gasteiger partial charge >= 0.3 is 0 Å². The van der Waals surface area contributed by atoms with E-state index in [1.54, 1.807) is 6.20 Å². The van der Waals surface area contributed by atoms with Crippen LogP contribution in [0.25, 0.3) is 11.1 Å². The lowest BCUT2D eigenvalue weighted by atomic mass is 9.95. The highest BCUT2D eigenvalue weighted by Crippen LogP contribution is 2.32. The molecule has 0 aliphatic carbocycles. The molecule has 4 rings (SSSR count). The first kappa shape index (κ1) is 20.8. The quantitative estimate of drug-likeness (QED) is 0.388. The Balaban J connectivity index is 1.76. The largest absolute Gasteiger partial charge is 0.363 e. The van der Waals surface area contributed by atoms with Gasteiger partial charge in [0.15, 0.2) is 0 Å². The zero-order valence-corrected chi connectivity index (χ0v) is 17.9. The molecule has 4 aromatic rings. The number of anilines is 1. The van der Waals surface area contributed by atoms with Gasteiger partial charge in [-0.1, -0.05) is 42.5 Å². The van der Waals surface area contributed by atoms with Crippen LogP contribution in [0.15, 0.2) is 91.3 Å². The van der Waals surface area contributed by atoms with Gasteiger partial charge in [-0.2, -0.15) is 10.5 Å². The summed E-state index contributed by atoms with van der Waals surface area (Å²) in [5.41, 5.74) is 7.65. The number of aryl methyl sites for hydroxylation is 1. The van der Waals surface area contributed by atoms with Gasteiger partial charge in [0.05, 0.1) is 23.3 Å². The monoisotopic (exact) mass is 414 g/mol. The lowest BCUT2D eigenvalue weighted by Crippen LogP contribution is -2.22. The van der Waals surface area contributed by atoms with Gasteiger partial charge in [0.2, 0.25) is 0 Å². The first-order chi connectivity index (χ1) is 15.7. The minimum Gasteiger partial charge on any atom is -0.363 e. The number of rotatable bonds is 6. The molecule has 32 heavy (non-hydrogen) atoms. The molecule has 0 fully saturated rings. The Kier molecular flexibility index (Phi) is 6.25. The highest BCUT2D eigenvalue weighted by molar-refractivity contribution is 5.77. The van der Waals surface area contributed by atoms with Crippen LogP contribution in [-0.2, 0) is 13.1 Å². The normalized spacial score (nSPS) is 10.2. The van der Waals surface area contributed by atoms with E-state index in [1.165, 1.54) is 0 Å². The van der Waals surface area contributed by atoms with Crippen LogP contribution < -0.4 is 4.90 Å². The van der Waals surface area contributed by atoms with Crippen molar-refractivity contribution in [2.45, 2.75) is 20.0 Å². The predicted octanol–water partition coefficient (Wildman–Crippen LogP) is 6.01. The van der Waals surface area contributed by atoms with E-state index in [9.17, 15) is 5.26 Å². The third kappa shape index (κ3) is 4.67. The van der Waals surface area contributed by atoms with Gasteiger partial charge in [-0.25, -0.2) is 0 Å². The summed E-state index contributed by atoms with van der Waals surface area (Å²) in [4.78, 5) is 6.52. The van der Waals surface area contributed by atoms with E-state index in [2.05, 4.69) is 53.2 Å². The molecule has 0 atom stereocenters. The van der Waals surface area contributed by atoms with Crippen LogP contribution in [0.1, 0.15) is 27.8 Å². The molecule has 4 nitrogen and oxygen atoms in total. The average Bonchev–Trinajstić information content (AvgIpc) is 2.85. The first-order valence-electron chi connectivity index (χ1n) is 10.4. The highest BCUT2D eigenvalue weighted by Gasteiger charge is 2.14. The lowest BCUT2D eigenvalue weighted by molar-refractivity contribution is 0.797. The molecule has 0 aliphatic rings. The summed E-state index contributed by atoms with van der Waals surface area (Å²) in [5.74, 6) is 0. The van der Waals surface area contributed by atoms with Crippen molar-refractivity contribution in [3.05, 3.63) is 119 Å². The smallest absolute Gasteiger partial charge is 0.0998 e. The minimum atomic E-state index is 0.646. The molecule has 1 aromatic heterocycles. The van der Waals surface area contributed by atoms with Crippen molar-refractivity contribution in [1.82, 2.24) is 4.98 Å². The Hall–Kier alpha value is -4.41. The number of hydrogen-bond acceptors (Lipinski definition) is 4. The number of nitrogens with zero attached hydrogens (tertiary/aromatic N) is 4. The minimum absolute atomic E-state index is 0.646. The topological polar surface area (TPSA) is 63.7 Å². The van der Waals surface area contributed by atoms with E-state index in [0.717, 1.165) is 33.5 Å². The van der Waals surface area contributed by atoms with Gasteiger partial charge in [0.25, 0.3) is 0 Å². The van der Waals surface area contributed by atoms with Crippen molar-refractivity contribution in [2.24, 2.45) is 0 Å². The van der Waals surface area contributed by atoms with Crippen LogP contribution in [0, 0.1) is 29.6 Å². The predicted molar refractivity (Wildman–Crippen MR) is 127 cm³/mol. The van der Waals surface area contributed by atoms with Crippen LogP contribution in [0.2, 0.25) is 0 Å². The second-order valence-corrected chi connectivity index (χ2v) is 7.68. The molecule has 1 heterocycles. The summed E-state index contributed by atoms with van der Waals surface area (Å²) >= 11 is 0. The van der Waals surface area contributed by atoms with Crippen molar-refractivity contribution in [3.63, 3.8) is 0 Å². The van der Waals surface area contributed by atoms with Crippen LogP contribution in [-0.4, -0.2) is 4.98 Å². The molecular formula is C28H22N4. The molecule has 154 valence electrons. The molecular weight excluding hydrogens is 392 g/mol. The summed E-state index contributed by atoms with van der Waals surface area (Å²) in [6.07, 6.45) is 3.64. The summed E-state index contributed by atoms with van der Waals surface area (Å²) in [5, 5.41) is 18.8. The molecule has 0 amide bonds. The van der Waals surface area contributed by atoms with Crippen molar-refractivity contribution in [3.8, 4) is 23.3 Å². The number of aromatic nitrogens is 1. The number of hydrogen-bond donors (Lipinski definition) is 0. The first-order valence-corrected chi connectivity index (χ1v) is 10.4. The van der Waals surface area contributed by atoms with E-state index in [-0.39, 0.29) is 0 Å². The fraction of sp³-hybridized carbons (Fsp3) is 0.107. The molecule has 0 radical (unpaired) electrons. The molecule has 0 saturated heterocycles. The molecule has 0 spiro atoms. The summed E-state index contributed by atoms with van der Waals surface area (Å²) < 4.78 is 0. The Morgan fingerprint density at radius 1 is 0.781 bits per heavy atom. The summed E-state index contributed by atoms with van der Waals surface area (Å²) in [7, 11) is 0. The van der Waals surface area contributed by atoms with Gasteiger partial charge < -0.3 is 4.90 Å². The maximum atomic E-state index is 9.72. The summed E-state index contributed by atoms with van der Waals surface area (Å²) in [6, 6.07) is 30.3. The van der Waals surface area contributed by atoms with Gasteiger partial charge in [0.1, 0.15) is 0 Å². The molecule has 4 heteroatoms. The number of benzene rings is 3. The zero-order valence-electron chi connectivity index (χ0n) is 17.9. The maximum absolute atomic E-state index is 9.72. The Labute approximate surface area is 188 Å². The number of nitriles is 2. The molecule has 0 saturated carbocycles. The van der Waals surface area contributed by atoms with Gasteiger partial charge in [-0.3, -0.25) is 4.98 Å². The fourth-order valence-corrected chi connectivity index (χ4v) is 3.78. The molecule has 3 aromatic carbocycles. The third-order valence-corrected chi connectivity index (χ3v) is 5.48. The van der Waals surface area contributed by atoms with Gasteiger partial charge in [0, 0.05) is 36.7 Å². The van der Waals surface area contributed by atoms with Gasteiger partial charge in [-0.15, -0.1) is 0 Å². The van der Waals surface area contributed by atoms with E-state index in [4.69, 9.17) is 5.26 Å². The van der Waals surface area contributed by atoms with E-state index >= 15 is 0 Å². The van der Waals surface area contributed by atoms with Gasteiger partial charge in [-0.05, 0) is 65.6 Å². The Morgan fingerprint density at radius 3 is 2.25 bits per heavy atom. The average molecular weight is 415 g/mol. The lowest BCUT2D eigenvalue weighted by Gasteiger charge is -2.26.